The predicted octanol–water partition coefficient (Wildman–Crippen LogP) is 1.24. The molecule has 1 N–H and O–H groups in total. The molecule has 17 heavy (non-hydrogen) atoms. The summed E-state index contributed by atoms with van der Waals surface area (Å²) in [5.41, 5.74) is 0.758. The molecule has 0 aliphatic heterocycles. The zero-order valence-electron chi connectivity index (χ0n) is 8.72. The summed E-state index contributed by atoms with van der Waals surface area (Å²) in [4.78, 5) is 0. The van der Waals surface area contributed by atoms with Gasteiger partial charge in [0.2, 0.25) is 12.3 Å². The molecule has 1 atom stereocenters. The van der Waals surface area contributed by atoms with Crippen LogP contribution in [-0.2, 0) is 16.5 Å². The summed E-state index contributed by atoms with van der Waals surface area (Å²) in [6.45, 7) is 0. The Morgan fingerprint density at radius 2 is 2.00 bits per heavy atom. The molecular weight excluding hydrogens is 244 g/mol. The van der Waals surface area contributed by atoms with Crippen LogP contribution >= 0.6 is 0 Å². The van der Waals surface area contributed by atoms with Crippen LogP contribution < -0.4 is 0 Å². The van der Waals surface area contributed by atoms with E-state index >= 15 is 0 Å². The lowest BCUT2D eigenvalue weighted by atomic mass is 10.1. The van der Waals surface area contributed by atoms with Crippen molar-refractivity contribution in [2.45, 2.75) is 11.7 Å². The minimum atomic E-state index is -4.28. The molecule has 1 aromatic heterocycles. The molecular formula is C10H10N2O4S. The fourth-order valence-electron chi connectivity index (χ4n) is 1.47. The molecule has 0 amide bonds. The Labute approximate surface area is 98.0 Å². The Kier molecular flexibility index (Phi) is 3.21. The molecule has 0 spiro atoms. The highest BCUT2D eigenvalue weighted by molar-refractivity contribution is 7.86. The van der Waals surface area contributed by atoms with Gasteiger partial charge in [0.25, 0.3) is 10.1 Å². The van der Waals surface area contributed by atoms with Crippen molar-refractivity contribution in [3.63, 3.8) is 0 Å². The first-order valence-corrected chi connectivity index (χ1v) is 6.34. The number of nitrogens with zero attached hydrogens (tertiary/aromatic N) is 2. The Balaban J connectivity index is 2.31. The van der Waals surface area contributed by atoms with Crippen molar-refractivity contribution < 1.29 is 17.4 Å². The van der Waals surface area contributed by atoms with Gasteiger partial charge in [0.15, 0.2) is 5.25 Å². The SMILES string of the molecule is O=S(=O)(O)C(Cc1ccccc1)c1nnco1. The molecule has 0 aliphatic rings. The van der Waals surface area contributed by atoms with Crippen LogP contribution in [0.2, 0.25) is 0 Å². The Morgan fingerprint density at radius 1 is 1.29 bits per heavy atom. The van der Waals surface area contributed by atoms with Crippen LogP contribution in [0, 0.1) is 0 Å². The summed E-state index contributed by atoms with van der Waals surface area (Å²) >= 11 is 0. The Morgan fingerprint density at radius 3 is 2.53 bits per heavy atom. The highest BCUT2D eigenvalue weighted by Crippen LogP contribution is 2.23. The first kappa shape index (κ1) is 11.7. The zero-order valence-corrected chi connectivity index (χ0v) is 9.54. The fraction of sp³-hybridized carbons (Fsp3) is 0.200. The van der Waals surface area contributed by atoms with E-state index in [1.54, 1.807) is 24.3 Å². The van der Waals surface area contributed by atoms with Crippen LogP contribution in [0.25, 0.3) is 0 Å². The van der Waals surface area contributed by atoms with E-state index in [0.717, 1.165) is 12.0 Å². The maximum atomic E-state index is 11.3. The molecule has 0 aliphatic carbocycles. The average molecular weight is 254 g/mol. The standard InChI is InChI=1S/C10H10N2O4S/c13-17(14,15)9(10-12-11-7-16-10)6-8-4-2-1-3-5-8/h1-5,7,9H,6H2,(H,13,14,15). The summed E-state index contributed by atoms with van der Waals surface area (Å²) < 4.78 is 36.5. The van der Waals surface area contributed by atoms with Gasteiger partial charge in [-0.05, 0) is 5.56 Å². The molecule has 2 rings (SSSR count). The van der Waals surface area contributed by atoms with Gasteiger partial charge in [0.05, 0.1) is 0 Å². The van der Waals surface area contributed by atoms with Gasteiger partial charge in [0, 0.05) is 6.42 Å². The van der Waals surface area contributed by atoms with Gasteiger partial charge in [-0.3, -0.25) is 4.55 Å². The van der Waals surface area contributed by atoms with Crippen LogP contribution in [-0.4, -0.2) is 23.2 Å². The zero-order chi connectivity index (χ0) is 12.3. The lowest BCUT2D eigenvalue weighted by Crippen LogP contribution is -2.15. The normalized spacial score (nSPS) is 13.5. The minimum absolute atomic E-state index is 0.0852. The van der Waals surface area contributed by atoms with E-state index in [1.165, 1.54) is 0 Å². The van der Waals surface area contributed by atoms with Crippen LogP contribution in [0.1, 0.15) is 16.7 Å². The molecule has 1 heterocycles. The van der Waals surface area contributed by atoms with Gasteiger partial charge in [-0.2, -0.15) is 8.42 Å². The van der Waals surface area contributed by atoms with Crippen molar-refractivity contribution in [1.82, 2.24) is 10.2 Å². The molecule has 0 saturated carbocycles. The van der Waals surface area contributed by atoms with E-state index in [-0.39, 0.29) is 12.3 Å². The first-order valence-electron chi connectivity index (χ1n) is 4.83. The summed E-state index contributed by atoms with van der Waals surface area (Å²) in [7, 11) is -4.28. The largest absolute Gasteiger partial charge is 0.426 e. The molecule has 0 fully saturated rings. The summed E-state index contributed by atoms with van der Waals surface area (Å²) in [6, 6.07) is 8.90. The van der Waals surface area contributed by atoms with Crippen molar-refractivity contribution in [2.75, 3.05) is 0 Å². The third kappa shape index (κ3) is 2.89. The molecule has 1 unspecified atom stereocenters. The van der Waals surface area contributed by atoms with Gasteiger partial charge in [-0.25, -0.2) is 0 Å². The summed E-state index contributed by atoms with van der Waals surface area (Å²) in [5, 5.41) is 5.70. The van der Waals surface area contributed by atoms with Crippen LogP contribution in [0.4, 0.5) is 0 Å². The summed E-state index contributed by atoms with van der Waals surface area (Å²) in [6.07, 6.45) is 1.11. The number of rotatable bonds is 4. The maximum absolute atomic E-state index is 11.3. The number of hydrogen-bond donors (Lipinski definition) is 1. The molecule has 0 saturated heterocycles. The van der Waals surface area contributed by atoms with Crippen LogP contribution in [0.5, 0.6) is 0 Å². The van der Waals surface area contributed by atoms with Crippen molar-refractivity contribution in [2.24, 2.45) is 0 Å². The van der Waals surface area contributed by atoms with Gasteiger partial charge >= 0.3 is 0 Å². The molecule has 1 aromatic carbocycles. The average Bonchev–Trinajstić information content (AvgIpc) is 2.79. The third-order valence-corrected chi connectivity index (χ3v) is 3.36. The molecule has 6 nitrogen and oxygen atoms in total. The third-order valence-electron chi connectivity index (χ3n) is 2.28. The monoisotopic (exact) mass is 254 g/mol. The Bertz CT molecular complexity index is 566. The Hall–Kier alpha value is -1.73. The lowest BCUT2D eigenvalue weighted by Gasteiger charge is -2.09. The van der Waals surface area contributed by atoms with Crippen molar-refractivity contribution >= 4 is 10.1 Å². The number of benzene rings is 1. The maximum Gasteiger partial charge on any atom is 0.277 e. The van der Waals surface area contributed by atoms with Gasteiger partial charge < -0.3 is 4.42 Å². The smallest absolute Gasteiger partial charge is 0.277 e. The minimum Gasteiger partial charge on any atom is -0.426 e. The van der Waals surface area contributed by atoms with Crippen molar-refractivity contribution in [3.05, 3.63) is 48.2 Å². The number of aromatic nitrogens is 2. The number of hydrogen-bond acceptors (Lipinski definition) is 5. The molecule has 2 aromatic rings. The molecule has 7 heteroatoms. The topological polar surface area (TPSA) is 93.3 Å². The van der Waals surface area contributed by atoms with Gasteiger partial charge in [0.1, 0.15) is 0 Å². The van der Waals surface area contributed by atoms with E-state index in [2.05, 4.69) is 10.2 Å². The van der Waals surface area contributed by atoms with Crippen molar-refractivity contribution in [1.29, 1.82) is 0 Å². The van der Waals surface area contributed by atoms with E-state index < -0.39 is 15.4 Å². The fourth-order valence-corrected chi connectivity index (χ4v) is 2.23. The van der Waals surface area contributed by atoms with E-state index in [4.69, 9.17) is 8.97 Å². The van der Waals surface area contributed by atoms with Gasteiger partial charge in [-0.1, -0.05) is 30.3 Å². The second-order valence-electron chi connectivity index (χ2n) is 3.47. The highest BCUT2D eigenvalue weighted by atomic mass is 32.2. The van der Waals surface area contributed by atoms with Gasteiger partial charge in [-0.15, -0.1) is 10.2 Å². The second-order valence-corrected chi connectivity index (χ2v) is 5.07. The first-order chi connectivity index (χ1) is 8.07. The van der Waals surface area contributed by atoms with Crippen LogP contribution in [0.3, 0.4) is 0 Å². The van der Waals surface area contributed by atoms with E-state index in [0.29, 0.717) is 0 Å². The molecule has 0 radical (unpaired) electrons. The molecule has 0 bridgehead atoms. The van der Waals surface area contributed by atoms with E-state index in [1.807, 2.05) is 6.07 Å². The van der Waals surface area contributed by atoms with E-state index in [9.17, 15) is 8.42 Å². The summed E-state index contributed by atoms with van der Waals surface area (Å²) in [5.74, 6) is -0.114. The molecule has 90 valence electrons. The predicted molar refractivity (Wildman–Crippen MR) is 58.7 cm³/mol. The lowest BCUT2D eigenvalue weighted by molar-refractivity contribution is 0.432. The van der Waals surface area contributed by atoms with Crippen LogP contribution in [0.15, 0.2) is 41.1 Å². The highest BCUT2D eigenvalue weighted by Gasteiger charge is 2.30. The second kappa shape index (κ2) is 4.64. The quantitative estimate of drug-likeness (QED) is 0.825. The van der Waals surface area contributed by atoms with Crippen molar-refractivity contribution in [3.8, 4) is 0 Å².